The van der Waals surface area contributed by atoms with Crippen LogP contribution in [0.1, 0.15) is 37.5 Å². The van der Waals surface area contributed by atoms with Gasteiger partial charge >= 0.3 is 5.97 Å². The van der Waals surface area contributed by atoms with Crippen molar-refractivity contribution in [2.75, 3.05) is 0 Å². The van der Waals surface area contributed by atoms with E-state index in [1.165, 1.54) is 0 Å². The van der Waals surface area contributed by atoms with Gasteiger partial charge in [-0.25, -0.2) is 4.98 Å². The largest absolute Gasteiger partial charge is 0.481 e. The summed E-state index contributed by atoms with van der Waals surface area (Å²) in [5, 5.41) is 9.05. The highest BCUT2D eigenvalue weighted by molar-refractivity contribution is 9.10. The molecule has 0 aliphatic heterocycles. The standard InChI is InChI=1S/C16H16BrNO3/c17-14-13(10-4-2-1-3-5-10)21-15(18-14)11-6-8-12(9-7-11)16(19)20/h1-5,11-12H,6-9H2,(H,19,20). The van der Waals surface area contributed by atoms with Gasteiger partial charge in [-0.2, -0.15) is 0 Å². The van der Waals surface area contributed by atoms with Crippen LogP contribution in [-0.2, 0) is 4.79 Å². The van der Waals surface area contributed by atoms with Crippen LogP contribution in [0.2, 0.25) is 0 Å². The van der Waals surface area contributed by atoms with Crippen molar-refractivity contribution in [3.63, 3.8) is 0 Å². The number of oxazole rings is 1. The molecular formula is C16H16BrNO3. The number of aromatic nitrogens is 1. The molecule has 3 rings (SSSR count). The van der Waals surface area contributed by atoms with Gasteiger partial charge in [0.15, 0.2) is 16.3 Å². The molecular weight excluding hydrogens is 334 g/mol. The van der Waals surface area contributed by atoms with E-state index < -0.39 is 5.97 Å². The summed E-state index contributed by atoms with van der Waals surface area (Å²) in [7, 11) is 0. The Kier molecular flexibility index (Phi) is 4.10. The van der Waals surface area contributed by atoms with Crippen LogP contribution in [0.3, 0.4) is 0 Å². The van der Waals surface area contributed by atoms with Crippen molar-refractivity contribution in [2.45, 2.75) is 31.6 Å². The fourth-order valence-electron chi connectivity index (χ4n) is 2.85. The Morgan fingerprint density at radius 2 is 1.86 bits per heavy atom. The second-order valence-corrected chi connectivity index (χ2v) is 6.18. The van der Waals surface area contributed by atoms with Gasteiger partial charge in [0.05, 0.1) is 5.92 Å². The first-order chi connectivity index (χ1) is 10.1. The van der Waals surface area contributed by atoms with Crippen molar-refractivity contribution < 1.29 is 14.3 Å². The first kappa shape index (κ1) is 14.3. The van der Waals surface area contributed by atoms with Crippen LogP contribution < -0.4 is 0 Å². The number of aliphatic carboxylic acids is 1. The van der Waals surface area contributed by atoms with E-state index in [4.69, 9.17) is 9.52 Å². The molecule has 0 atom stereocenters. The highest BCUT2D eigenvalue weighted by Gasteiger charge is 2.30. The zero-order valence-corrected chi connectivity index (χ0v) is 13.0. The maximum atomic E-state index is 11.0. The van der Waals surface area contributed by atoms with Crippen LogP contribution >= 0.6 is 15.9 Å². The van der Waals surface area contributed by atoms with E-state index in [2.05, 4.69) is 20.9 Å². The molecule has 1 fully saturated rings. The molecule has 0 radical (unpaired) electrons. The molecule has 0 amide bonds. The van der Waals surface area contributed by atoms with Crippen LogP contribution in [0.15, 0.2) is 39.4 Å². The Balaban J connectivity index is 1.78. The van der Waals surface area contributed by atoms with Crippen molar-refractivity contribution in [1.82, 2.24) is 4.98 Å². The molecule has 1 aromatic carbocycles. The second-order valence-electron chi connectivity index (χ2n) is 5.42. The number of carboxylic acid groups (broad SMARTS) is 1. The lowest BCUT2D eigenvalue weighted by Crippen LogP contribution is -2.20. The van der Waals surface area contributed by atoms with Crippen LogP contribution in [0.4, 0.5) is 0 Å². The molecule has 0 spiro atoms. The topological polar surface area (TPSA) is 63.3 Å². The van der Waals surface area contributed by atoms with Gasteiger partial charge in [-0.05, 0) is 41.6 Å². The monoisotopic (exact) mass is 349 g/mol. The average molecular weight is 350 g/mol. The molecule has 5 heteroatoms. The summed E-state index contributed by atoms with van der Waals surface area (Å²) in [6.45, 7) is 0. The van der Waals surface area contributed by atoms with E-state index in [0.717, 1.165) is 24.2 Å². The lowest BCUT2D eigenvalue weighted by molar-refractivity contribution is -0.142. The molecule has 1 N–H and O–H groups in total. The molecule has 1 saturated carbocycles. The number of carbonyl (C=O) groups is 1. The fraction of sp³-hybridized carbons (Fsp3) is 0.375. The predicted octanol–water partition coefficient (Wildman–Crippen LogP) is 4.46. The minimum Gasteiger partial charge on any atom is -0.481 e. The number of hydrogen-bond acceptors (Lipinski definition) is 3. The average Bonchev–Trinajstić information content (AvgIpc) is 2.90. The van der Waals surface area contributed by atoms with Gasteiger partial charge in [0, 0.05) is 11.5 Å². The third-order valence-corrected chi connectivity index (χ3v) is 4.60. The summed E-state index contributed by atoms with van der Waals surface area (Å²) >= 11 is 3.46. The van der Waals surface area contributed by atoms with Gasteiger partial charge in [-0.3, -0.25) is 4.79 Å². The van der Waals surface area contributed by atoms with Crippen LogP contribution in [-0.4, -0.2) is 16.1 Å². The summed E-state index contributed by atoms with van der Waals surface area (Å²) in [5.74, 6) is 0.769. The number of carboxylic acids is 1. The van der Waals surface area contributed by atoms with Gasteiger partial charge < -0.3 is 9.52 Å². The minimum atomic E-state index is -0.688. The van der Waals surface area contributed by atoms with E-state index in [1.54, 1.807) is 0 Å². The smallest absolute Gasteiger partial charge is 0.306 e. The SMILES string of the molecule is O=C(O)C1CCC(c2nc(Br)c(-c3ccccc3)o2)CC1. The normalized spacial score (nSPS) is 22.1. The lowest BCUT2D eigenvalue weighted by atomic mass is 9.82. The summed E-state index contributed by atoms with van der Waals surface area (Å²) in [4.78, 5) is 15.5. The molecule has 0 bridgehead atoms. The quantitative estimate of drug-likeness (QED) is 0.888. The first-order valence-corrected chi connectivity index (χ1v) is 7.89. The molecule has 110 valence electrons. The molecule has 0 saturated heterocycles. The Bertz CT molecular complexity index is 630. The van der Waals surface area contributed by atoms with E-state index in [9.17, 15) is 4.79 Å². The number of hydrogen-bond donors (Lipinski definition) is 1. The third kappa shape index (κ3) is 3.02. The van der Waals surface area contributed by atoms with Gasteiger partial charge in [-0.15, -0.1) is 0 Å². The van der Waals surface area contributed by atoms with Crippen LogP contribution in [0, 0.1) is 5.92 Å². The number of nitrogens with zero attached hydrogens (tertiary/aromatic N) is 1. The van der Waals surface area contributed by atoms with Gasteiger partial charge in [-0.1, -0.05) is 30.3 Å². The Morgan fingerprint density at radius 1 is 1.19 bits per heavy atom. The first-order valence-electron chi connectivity index (χ1n) is 7.09. The third-order valence-electron chi connectivity index (χ3n) is 4.06. The summed E-state index contributed by atoms with van der Waals surface area (Å²) < 4.78 is 6.64. The number of rotatable bonds is 3. The molecule has 0 unspecified atom stereocenters. The molecule has 2 aromatic rings. The van der Waals surface area contributed by atoms with E-state index in [-0.39, 0.29) is 11.8 Å². The predicted molar refractivity (Wildman–Crippen MR) is 82.0 cm³/mol. The molecule has 1 aliphatic carbocycles. The van der Waals surface area contributed by atoms with Crippen molar-refractivity contribution in [2.24, 2.45) is 5.92 Å². The zero-order chi connectivity index (χ0) is 14.8. The molecule has 1 aliphatic rings. The zero-order valence-electron chi connectivity index (χ0n) is 11.5. The van der Waals surface area contributed by atoms with Crippen molar-refractivity contribution in [1.29, 1.82) is 0 Å². The Labute approximate surface area is 131 Å². The highest BCUT2D eigenvalue weighted by atomic mass is 79.9. The lowest BCUT2D eigenvalue weighted by Gasteiger charge is -2.23. The molecule has 4 nitrogen and oxygen atoms in total. The minimum absolute atomic E-state index is 0.215. The van der Waals surface area contributed by atoms with E-state index in [1.807, 2.05) is 30.3 Å². The number of halogens is 1. The van der Waals surface area contributed by atoms with Gasteiger partial charge in [0.2, 0.25) is 0 Å². The molecule has 1 heterocycles. The van der Waals surface area contributed by atoms with Crippen molar-refractivity contribution in [3.8, 4) is 11.3 Å². The van der Waals surface area contributed by atoms with Crippen molar-refractivity contribution >= 4 is 21.9 Å². The fourth-order valence-corrected chi connectivity index (χ4v) is 3.33. The van der Waals surface area contributed by atoms with Gasteiger partial charge in [0.25, 0.3) is 0 Å². The van der Waals surface area contributed by atoms with Crippen molar-refractivity contribution in [3.05, 3.63) is 40.8 Å². The second kappa shape index (κ2) is 6.02. The maximum Gasteiger partial charge on any atom is 0.306 e. The summed E-state index contributed by atoms with van der Waals surface area (Å²) in [5.41, 5.74) is 0.988. The van der Waals surface area contributed by atoms with Gasteiger partial charge in [0.1, 0.15) is 0 Å². The van der Waals surface area contributed by atoms with Crippen LogP contribution in [0.5, 0.6) is 0 Å². The highest BCUT2D eigenvalue weighted by Crippen LogP contribution is 2.39. The van der Waals surface area contributed by atoms with E-state index >= 15 is 0 Å². The number of benzene rings is 1. The van der Waals surface area contributed by atoms with E-state index in [0.29, 0.717) is 23.3 Å². The summed E-state index contributed by atoms with van der Waals surface area (Å²) in [6.07, 6.45) is 3.03. The Morgan fingerprint density at radius 3 is 2.48 bits per heavy atom. The van der Waals surface area contributed by atoms with Crippen LogP contribution in [0.25, 0.3) is 11.3 Å². The molecule has 1 aromatic heterocycles. The maximum absolute atomic E-state index is 11.0. The Hall–Kier alpha value is -1.62. The molecule has 21 heavy (non-hydrogen) atoms. The summed E-state index contributed by atoms with van der Waals surface area (Å²) in [6, 6.07) is 9.85.